The zero-order valence-corrected chi connectivity index (χ0v) is 17.6. The first-order valence-corrected chi connectivity index (χ1v) is 11.7. The van der Waals surface area contributed by atoms with Crippen LogP contribution in [0.1, 0.15) is 12.1 Å². The molecule has 4 rings (SSSR count). The van der Waals surface area contributed by atoms with E-state index in [4.69, 9.17) is 4.74 Å². The van der Waals surface area contributed by atoms with Gasteiger partial charge in [-0.3, -0.25) is 9.88 Å². The molecule has 1 aliphatic rings. The number of nitrogens with zero attached hydrogens (tertiary/aromatic N) is 5. The molecule has 2 aromatic heterocycles. The SMILES string of the molecule is CS(=O)(=O)c1cccc(-c2ccc(CCCN3CCOCC3)nc2)c1-c1nn[nH]n1. The summed E-state index contributed by atoms with van der Waals surface area (Å²) in [5.74, 6) is 0.237. The molecule has 1 saturated heterocycles. The van der Waals surface area contributed by atoms with Crippen LogP contribution in [0.15, 0.2) is 41.4 Å². The van der Waals surface area contributed by atoms with E-state index in [-0.39, 0.29) is 10.7 Å². The van der Waals surface area contributed by atoms with Gasteiger partial charge < -0.3 is 4.74 Å². The van der Waals surface area contributed by atoms with Crippen molar-refractivity contribution in [2.75, 3.05) is 39.1 Å². The lowest BCUT2D eigenvalue weighted by Gasteiger charge is -2.26. The third-order valence-electron chi connectivity index (χ3n) is 5.14. The van der Waals surface area contributed by atoms with Crippen molar-refractivity contribution in [3.8, 4) is 22.5 Å². The van der Waals surface area contributed by atoms with E-state index in [1.165, 1.54) is 6.26 Å². The van der Waals surface area contributed by atoms with Crippen LogP contribution in [0.4, 0.5) is 0 Å². The van der Waals surface area contributed by atoms with Gasteiger partial charge in [-0.25, -0.2) is 8.42 Å². The van der Waals surface area contributed by atoms with Gasteiger partial charge in [0.2, 0.25) is 5.82 Å². The van der Waals surface area contributed by atoms with Gasteiger partial charge in [-0.1, -0.05) is 18.2 Å². The molecule has 0 bridgehead atoms. The molecule has 9 nitrogen and oxygen atoms in total. The summed E-state index contributed by atoms with van der Waals surface area (Å²) in [6.45, 7) is 4.62. The first kappa shape index (κ1) is 20.6. The molecule has 0 spiro atoms. The first-order chi connectivity index (χ1) is 14.5. The number of aromatic nitrogens is 5. The number of aromatic amines is 1. The van der Waals surface area contributed by atoms with Gasteiger partial charge in [-0.2, -0.15) is 5.21 Å². The lowest BCUT2D eigenvalue weighted by molar-refractivity contribution is 0.0374. The van der Waals surface area contributed by atoms with Gasteiger partial charge in [0.25, 0.3) is 0 Å². The largest absolute Gasteiger partial charge is 0.379 e. The van der Waals surface area contributed by atoms with Crippen molar-refractivity contribution in [1.29, 1.82) is 0 Å². The summed E-state index contributed by atoms with van der Waals surface area (Å²) in [6, 6.07) is 9.06. The van der Waals surface area contributed by atoms with Crippen molar-refractivity contribution in [3.63, 3.8) is 0 Å². The molecule has 0 radical (unpaired) electrons. The van der Waals surface area contributed by atoms with E-state index in [1.807, 2.05) is 18.2 Å². The molecule has 10 heteroatoms. The molecule has 0 aliphatic carbocycles. The number of pyridine rings is 1. The van der Waals surface area contributed by atoms with Crippen molar-refractivity contribution < 1.29 is 13.2 Å². The van der Waals surface area contributed by atoms with Crippen molar-refractivity contribution in [2.24, 2.45) is 0 Å². The molecule has 0 amide bonds. The standard InChI is InChI=1S/C20H24N6O3S/c1-30(27,28)18-6-2-5-17(19(18)20-22-24-25-23-20)15-7-8-16(21-14-15)4-3-9-26-10-12-29-13-11-26/h2,5-8,14H,3-4,9-13H2,1H3,(H,22,23,24,25). The quantitative estimate of drug-likeness (QED) is 0.604. The molecule has 0 saturated carbocycles. The second kappa shape index (κ2) is 8.99. The number of rotatable bonds is 7. The van der Waals surface area contributed by atoms with Gasteiger partial charge in [0.1, 0.15) is 0 Å². The number of hydrogen-bond acceptors (Lipinski definition) is 8. The predicted molar refractivity (Wildman–Crippen MR) is 112 cm³/mol. The average molecular weight is 429 g/mol. The van der Waals surface area contributed by atoms with Gasteiger partial charge in [0, 0.05) is 42.4 Å². The highest BCUT2D eigenvalue weighted by Gasteiger charge is 2.22. The Hall–Kier alpha value is -2.69. The molecular weight excluding hydrogens is 404 g/mol. The molecule has 1 aromatic carbocycles. The summed E-state index contributed by atoms with van der Waals surface area (Å²) >= 11 is 0. The Bertz CT molecular complexity index is 1080. The first-order valence-electron chi connectivity index (χ1n) is 9.84. The topological polar surface area (TPSA) is 114 Å². The van der Waals surface area contributed by atoms with Crippen molar-refractivity contribution in [1.82, 2.24) is 30.5 Å². The number of ether oxygens (including phenoxy) is 1. The summed E-state index contributed by atoms with van der Waals surface area (Å²) in [4.78, 5) is 7.17. The highest BCUT2D eigenvalue weighted by molar-refractivity contribution is 7.90. The zero-order chi connectivity index (χ0) is 21.0. The van der Waals surface area contributed by atoms with Gasteiger partial charge in [0.15, 0.2) is 9.84 Å². The van der Waals surface area contributed by atoms with E-state index < -0.39 is 9.84 Å². The second-order valence-corrected chi connectivity index (χ2v) is 9.27. The minimum absolute atomic E-state index is 0.163. The lowest BCUT2D eigenvalue weighted by atomic mass is 10.00. The summed E-state index contributed by atoms with van der Waals surface area (Å²) in [7, 11) is -3.48. The second-order valence-electron chi connectivity index (χ2n) is 7.28. The molecule has 30 heavy (non-hydrogen) atoms. The van der Waals surface area contributed by atoms with Crippen LogP contribution in [0.2, 0.25) is 0 Å². The fourth-order valence-corrected chi connectivity index (χ4v) is 4.52. The molecule has 3 heterocycles. The van der Waals surface area contributed by atoms with E-state index in [9.17, 15) is 8.42 Å². The number of tetrazole rings is 1. The van der Waals surface area contributed by atoms with Gasteiger partial charge in [-0.05, 0) is 42.3 Å². The normalized spacial score (nSPS) is 15.4. The Labute approximate surface area is 175 Å². The maximum absolute atomic E-state index is 12.3. The minimum Gasteiger partial charge on any atom is -0.379 e. The van der Waals surface area contributed by atoms with E-state index in [0.29, 0.717) is 11.1 Å². The summed E-state index contributed by atoms with van der Waals surface area (Å²) in [6.07, 6.45) is 4.86. The monoisotopic (exact) mass is 428 g/mol. The summed E-state index contributed by atoms with van der Waals surface area (Å²) < 4.78 is 30.0. The Morgan fingerprint density at radius 1 is 1.17 bits per heavy atom. The zero-order valence-electron chi connectivity index (χ0n) is 16.8. The Kier molecular flexibility index (Phi) is 6.16. The van der Waals surface area contributed by atoms with E-state index >= 15 is 0 Å². The van der Waals surface area contributed by atoms with Gasteiger partial charge >= 0.3 is 0 Å². The Morgan fingerprint density at radius 3 is 2.67 bits per heavy atom. The smallest absolute Gasteiger partial charge is 0.206 e. The maximum atomic E-state index is 12.3. The minimum atomic E-state index is -3.48. The number of sulfone groups is 1. The molecule has 1 fully saturated rings. The fraction of sp³-hybridized carbons (Fsp3) is 0.400. The van der Waals surface area contributed by atoms with Crippen LogP contribution >= 0.6 is 0 Å². The molecule has 3 aromatic rings. The molecule has 0 atom stereocenters. The van der Waals surface area contributed by atoms with Gasteiger partial charge in [-0.15, -0.1) is 10.2 Å². The number of aryl methyl sites for hydroxylation is 1. The highest BCUT2D eigenvalue weighted by atomic mass is 32.2. The third-order valence-corrected chi connectivity index (χ3v) is 6.28. The van der Waals surface area contributed by atoms with Crippen LogP contribution in [0.3, 0.4) is 0 Å². The van der Waals surface area contributed by atoms with Crippen LogP contribution in [0.5, 0.6) is 0 Å². The van der Waals surface area contributed by atoms with Gasteiger partial charge in [0.05, 0.1) is 18.1 Å². The molecule has 1 aliphatic heterocycles. The Morgan fingerprint density at radius 2 is 2.00 bits per heavy atom. The van der Waals surface area contributed by atoms with Crippen LogP contribution in [-0.4, -0.2) is 78.0 Å². The van der Waals surface area contributed by atoms with Crippen molar-refractivity contribution >= 4 is 9.84 Å². The number of benzene rings is 1. The molecule has 1 N–H and O–H groups in total. The average Bonchev–Trinajstić information content (AvgIpc) is 3.28. The Balaban J connectivity index is 1.55. The number of morpholine rings is 1. The molecule has 0 unspecified atom stereocenters. The molecular formula is C20H24N6O3S. The molecule has 158 valence electrons. The third kappa shape index (κ3) is 4.72. The van der Waals surface area contributed by atoms with Crippen LogP contribution in [0, 0.1) is 0 Å². The predicted octanol–water partition coefficient (Wildman–Crippen LogP) is 1.60. The maximum Gasteiger partial charge on any atom is 0.206 e. The van der Waals surface area contributed by atoms with E-state index in [1.54, 1.807) is 18.3 Å². The lowest BCUT2D eigenvalue weighted by Crippen LogP contribution is -2.36. The van der Waals surface area contributed by atoms with Crippen LogP contribution in [0.25, 0.3) is 22.5 Å². The number of hydrogen-bond donors (Lipinski definition) is 1. The summed E-state index contributed by atoms with van der Waals surface area (Å²) in [5, 5.41) is 14.0. The number of H-pyrrole nitrogens is 1. The van der Waals surface area contributed by atoms with E-state index in [0.717, 1.165) is 56.9 Å². The van der Waals surface area contributed by atoms with Crippen molar-refractivity contribution in [3.05, 3.63) is 42.2 Å². The van der Waals surface area contributed by atoms with Crippen LogP contribution < -0.4 is 0 Å². The van der Waals surface area contributed by atoms with Crippen molar-refractivity contribution in [2.45, 2.75) is 17.7 Å². The van der Waals surface area contributed by atoms with Crippen LogP contribution in [-0.2, 0) is 21.0 Å². The highest BCUT2D eigenvalue weighted by Crippen LogP contribution is 2.34. The number of nitrogens with one attached hydrogen (secondary N) is 1. The summed E-state index contributed by atoms with van der Waals surface area (Å²) in [5.41, 5.74) is 2.94. The van der Waals surface area contributed by atoms with E-state index in [2.05, 4.69) is 30.5 Å². The fourth-order valence-electron chi connectivity index (χ4n) is 3.62.